The summed E-state index contributed by atoms with van der Waals surface area (Å²) in [4.78, 5) is 76.4. The molecular weight excluding hydrogens is 1530 g/mol. The number of carbonyl (C=O) groups excluding carboxylic acids is 5. The van der Waals surface area contributed by atoms with E-state index in [0.29, 0.717) is 43.9 Å². The molecule has 10 rings (SSSR count). The van der Waals surface area contributed by atoms with Crippen molar-refractivity contribution in [3.8, 4) is 34.5 Å². The van der Waals surface area contributed by atoms with Gasteiger partial charge in [-0.3, -0.25) is 20.2 Å². The third kappa shape index (κ3) is 36.2. The van der Waals surface area contributed by atoms with E-state index in [-0.39, 0.29) is 52.4 Å². The Morgan fingerprint density at radius 1 is 0.367 bits per heavy atom. The van der Waals surface area contributed by atoms with Gasteiger partial charge in [0, 0.05) is 42.9 Å². The molecule has 30 heteroatoms. The molecule has 0 atom stereocenters. The Hall–Kier alpha value is -12.0. The van der Waals surface area contributed by atoms with Crippen LogP contribution in [0.4, 0.5) is 35.9 Å². The van der Waals surface area contributed by atoms with E-state index in [0.717, 1.165) is 59.9 Å². The van der Waals surface area contributed by atoms with Crippen LogP contribution in [-0.2, 0) is 23.7 Å². The molecule has 0 aliphatic carbocycles. The minimum absolute atomic E-state index is 0.0161. The van der Waals surface area contributed by atoms with E-state index in [1.807, 2.05) is 90.2 Å². The van der Waals surface area contributed by atoms with Gasteiger partial charge < -0.3 is 62.7 Å². The predicted octanol–water partition coefficient (Wildman–Crippen LogP) is 18.6. The summed E-state index contributed by atoms with van der Waals surface area (Å²) in [6, 6.07) is 52.2. The number of nitro benzene ring substituents is 2. The van der Waals surface area contributed by atoms with E-state index in [1.54, 1.807) is 88.0 Å². The number of rotatable bonds is 15. The van der Waals surface area contributed by atoms with Gasteiger partial charge in [-0.15, -0.1) is 22.7 Å². The summed E-state index contributed by atoms with van der Waals surface area (Å²) in [5.41, 5.74) is 7.29. The first-order chi connectivity index (χ1) is 51.9. The zero-order chi connectivity index (χ0) is 82.1. The number of aryl methyl sites for hydroxylation is 5. The predicted molar refractivity (Wildman–Crippen MR) is 420 cm³/mol. The normalized spacial score (nSPS) is 9.34. The van der Waals surface area contributed by atoms with E-state index < -0.39 is 21.6 Å². The quantitative estimate of drug-likeness (QED) is 0.0417. The fraction of sp³-hybridized carbons (Fsp3) is 0.228. The van der Waals surface area contributed by atoms with Gasteiger partial charge >= 0.3 is 29.8 Å². The molecule has 0 aliphatic heterocycles. The van der Waals surface area contributed by atoms with Gasteiger partial charge in [0.1, 0.15) is 50.2 Å². The van der Waals surface area contributed by atoms with E-state index in [2.05, 4.69) is 50.2 Å². The van der Waals surface area contributed by atoms with Gasteiger partial charge in [-0.1, -0.05) is 48.0 Å². The van der Waals surface area contributed by atoms with Gasteiger partial charge in [0.25, 0.3) is 11.4 Å². The highest BCUT2D eigenvalue weighted by Gasteiger charge is 2.13. The Balaban J connectivity index is 0.000000606. The van der Waals surface area contributed by atoms with Crippen LogP contribution in [-0.4, -0.2) is 132 Å². The van der Waals surface area contributed by atoms with Crippen LogP contribution in [0.15, 0.2) is 198 Å². The molecule has 2 heterocycles. The molecule has 0 aliphatic rings. The van der Waals surface area contributed by atoms with Crippen molar-refractivity contribution < 1.29 is 99.1 Å². The van der Waals surface area contributed by atoms with Gasteiger partial charge in [-0.2, -0.15) is 0 Å². The lowest BCUT2D eigenvalue weighted by molar-refractivity contribution is -0.385. The number of anilines is 2. The lowest BCUT2D eigenvalue weighted by Gasteiger charge is -2.05. The number of non-ortho nitro benzene ring substituents is 2. The maximum absolute atomic E-state index is 12.5. The number of nitrogens with one attached hydrogen (secondary N) is 2. The molecule has 2 aromatic heterocycles. The molecule has 0 saturated heterocycles. The number of thiophene rings is 2. The Kier molecular flexibility index (Phi) is 46.1. The number of halogens is 4. The van der Waals surface area contributed by atoms with Crippen LogP contribution >= 0.6 is 38.6 Å². The standard InChI is InChI=1S/C9H10O3.C9H10O2.C8H10FN.C8H7FO2.C8H9FO.C8H9NO4.C8H9NO3.C8H11NO.C7H8O2S.C6H5BrO2S/c1-11-8-5-3-7(4-6-8)9(10)12-2;1-7-3-5-8(6-4-7)9(10)11-2;1-6-3-4-7(9)5-8(6)10-2;1-11-8(10)6-3-2-4-7(9)5-6;1-6-3-4-7(9)5-8(6)10-2;1-12-7-4-3-6(9(10)11)5-8(7)13-2;1-6-3-4-7(9(10)11)5-8(6)12-2;1-9-7-5-3-4-6-8(7)10-2;1-5-3-4-6(10-5)7(8)9-2;1-9-6(8)4-2-3-5(7)10-4/h3-6H,1-2H3;3-6H,1-2H3;3-5,10H,1-2H3;2-5H,1H3;3-5H,1-2H3;3-5H,1-2H3;3-5H,1-2H3;3-6,9H,1-2H3;3-4H,1-2H3;2-3H,1H3. The average molecular weight is 1610 g/mol. The van der Waals surface area contributed by atoms with Crippen molar-refractivity contribution in [1.29, 1.82) is 0 Å². The fourth-order valence-corrected chi connectivity index (χ4v) is 10.0. The van der Waals surface area contributed by atoms with E-state index >= 15 is 0 Å². The van der Waals surface area contributed by atoms with Crippen molar-refractivity contribution in [3.63, 3.8) is 0 Å². The largest absolute Gasteiger partial charge is 0.497 e. The maximum Gasteiger partial charge on any atom is 0.348 e. The van der Waals surface area contributed by atoms with Gasteiger partial charge in [-0.05, 0) is 189 Å². The summed E-state index contributed by atoms with van der Waals surface area (Å²) in [6.07, 6.45) is 0. The molecule has 8 aromatic carbocycles. The van der Waals surface area contributed by atoms with Gasteiger partial charge in [0.15, 0.2) is 11.5 Å². The monoisotopic (exact) mass is 1610 g/mol. The van der Waals surface area contributed by atoms with E-state index in [4.69, 9.17) is 28.4 Å². The van der Waals surface area contributed by atoms with Crippen LogP contribution in [0.5, 0.6) is 34.5 Å². The lowest BCUT2D eigenvalue weighted by Crippen LogP contribution is -2.00. The smallest absolute Gasteiger partial charge is 0.348 e. The highest BCUT2D eigenvalue weighted by atomic mass is 79.9. The minimum atomic E-state index is -0.524. The highest BCUT2D eigenvalue weighted by Crippen LogP contribution is 2.31. The first-order valence-corrected chi connectivity index (χ1v) is 34.2. The van der Waals surface area contributed by atoms with Crippen molar-refractivity contribution in [1.82, 2.24) is 0 Å². The molecule has 0 fully saturated rings. The molecule has 24 nitrogen and oxygen atoms in total. The average Bonchev–Trinajstić information content (AvgIpc) is 1.94. The Bertz CT molecular complexity index is 4320. The first kappa shape index (κ1) is 95.0. The van der Waals surface area contributed by atoms with Crippen LogP contribution < -0.4 is 39.1 Å². The summed E-state index contributed by atoms with van der Waals surface area (Å²) in [5, 5.41) is 26.6. The third-order valence-electron chi connectivity index (χ3n) is 13.7. The van der Waals surface area contributed by atoms with Crippen molar-refractivity contribution in [2.45, 2.75) is 34.6 Å². The van der Waals surface area contributed by atoms with Crippen LogP contribution in [0.25, 0.3) is 0 Å². The fourth-order valence-electron chi connectivity index (χ4n) is 7.92. The second-order valence-electron chi connectivity index (χ2n) is 21.1. The van der Waals surface area contributed by atoms with Crippen LogP contribution in [0.3, 0.4) is 0 Å². The Labute approximate surface area is 647 Å². The van der Waals surface area contributed by atoms with Crippen LogP contribution in [0.1, 0.15) is 77.5 Å². The van der Waals surface area contributed by atoms with Crippen LogP contribution in [0, 0.1) is 72.3 Å². The lowest BCUT2D eigenvalue weighted by atomic mass is 10.2. The molecule has 0 amide bonds. The number of hydrogen-bond donors (Lipinski definition) is 2. The zero-order valence-electron chi connectivity index (χ0n) is 63.4. The van der Waals surface area contributed by atoms with Gasteiger partial charge in [-0.25, -0.2) is 37.1 Å². The zero-order valence-corrected chi connectivity index (χ0v) is 66.6. The number of carbonyl (C=O) groups is 5. The van der Waals surface area contributed by atoms with E-state index in [9.17, 15) is 57.4 Å². The van der Waals surface area contributed by atoms with Crippen LogP contribution in [0.2, 0.25) is 0 Å². The molecule has 0 radical (unpaired) electrons. The number of hydrogen-bond acceptors (Lipinski definition) is 24. The summed E-state index contributed by atoms with van der Waals surface area (Å²) in [7, 11) is 19.6. The number of benzene rings is 8. The third-order valence-corrected chi connectivity index (χ3v) is 16.3. The molecule has 0 bridgehead atoms. The number of nitro groups is 2. The molecule has 0 unspecified atom stereocenters. The minimum Gasteiger partial charge on any atom is -0.497 e. The second kappa shape index (κ2) is 52.9. The highest BCUT2D eigenvalue weighted by molar-refractivity contribution is 9.11. The summed E-state index contributed by atoms with van der Waals surface area (Å²) in [6.45, 7) is 9.57. The summed E-state index contributed by atoms with van der Waals surface area (Å²) in [5.74, 6) is 1.01. The number of ether oxygens (including phenoxy) is 11. The number of para-hydroxylation sites is 2. The van der Waals surface area contributed by atoms with Gasteiger partial charge in [0.05, 0.1) is 126 Å². The molecule has 0 saturated carbocycles. The second-order valence-corrected chi connectivity index (χ2v) is 24.8. The summed E-state index contributed by atoms with van der Waals surface area (Å²) < 4.78 is 90.5. The molecule has 0 spiro atoms. The molecule has 109 heavy (non-hydrogen) atoms. The van der Waals surface area contributed by atoms with Crippen molar-refractivity contribution in [3.05, 3.63) is 289 Å². The first-order valence-electron chi connectivity index (χ1n) is 31.8. The number of methoxy groups -OCH3 is 11. The number of esters is 5. The molecule has 10 aromatic rings. The maximum atomic E-state index is 12.5. The SMILES string of the molecule is CNc1cc(F)ccc1C.CNc1ccccc1OC.COC(=O)c1ccc(Br)s1.COC(=O)c1ccc(C)cc1.COC(=O)c1ccc(C)s1.COC(=O)c1ccc(OC)cc1.COC(=O)c1cccc(F)c1.COc1cc(F)ccc1C.COc1cc([N+](=O)[O-])ccc1C.COc1ccc([N+](=O)[O-])cc1OC. The van der Waals surface area contributed by atoms with E-state index in [1.165, 1.54) is 159 Å². The van der Waals surface area contributed by atoms with Crippen molar-refractivity contribution in [2.24, 2.45) is 0 Å². The summed E-state index contributed by atoms with van der Waals surface area (Å²) >= 11 is 6.05. The molecular formula is C79H88BrF3N4O20S2. The van der Waals surface area contributed by atoms with Crippen molar-refractivity contribution in [2.75, 3.05) is 103 Å². The number of nitrogens with zero attached hydrogens (tertiary/aromatic N) is 2. The molecule has 584 valence electrons. The van der Waals surface area contributed by atoms with Crippen molar-refractivity contribution >= 4 is 91.2 Å². The Morgan fingerprint density at radius 3 is 1.20 bits per heavy atom. The molecule has 2 N–H and O–H groups in total. The Morgan fingerprint density at radius 2 is 0.789 bits per heavy atom. The van der Waals surface area contributed by atoms with Gasteiger partial charge in [0.2, 0.25) is 0 Å². The topological polar surface area (TPSA) is 297 Å².